The zero-order valence-electron chi connectivity index (χ0n) is 79.8. The highest BCUT2D eigenvalue weighted by atomic mass is 127. The lowest BCUT2D eigenvalue weighted by Crippen LogP contribution is -2.43. The van der Waals surface area contributed by atoms with E-state index >= 15 is 0 Å². The molecule has 716 valence electrons. The molecule has 0 spiro atoms. The third-order valence-electron chi connectivity index (χ3n) is 27.1. The van der Waals surface area contributed by atoms with Crippen molar-refractivity contribution in [2.24, 2.45) is 0 Å². The highest BCUT2D eigenvalue weighted by molar-refractivity contribution is 14.1. The molecule has 0 aliphatic heterocycles. The summed E-state index contributed by atoms with van der Waals surface area (Å²) in [5, 5.41) is 25.2. The Morgan fingerprint density at radius 3 is 0.906 bits per heavy atom. The SMILES string of the molecule is CC[C@@H](O)C[C@H]1CCc2sc3ncnc(OC4CCC(N(C)C(=O)OC(C)(C)C)CC4)c3c21.CC[C@H](C[C@H]1CCc2sc3ncnc(OC4CCC(N(C)C(=O)OC(C)(C)C)CC4)c3c21)OC.CC[C@H](C[C@H]1CCc2sc3ncnc(OC4CCC(N(C)C)CC4)c3c21)OC.CC[C@H](C[C@H]1CCc2sc3ncnc(OC4CCC(NC)CC4)c3c21)OC.CI.CO.Cl.Cl. The number of nitrogens with zero attached hydrogens (tertiary/aromatic N) is 11. The minimum absolute atomic E-state index is 0. The fourth-order valence-corrected chi connectivity index (χ4v) is 25.0. The molecule has 2 amide bonds. The molecule has 0 unspecified atom stereocenters. The van der Waals surface area contributed by atoms with Crippen molar-refractivity contribution in [2.75, 3.05) is 68.6 Å². The fourth-order valence-electron chi connectivity index (χ4n) is 20.0. The maximum atomic E-state index is 12.5. The van der Waals surface area contributed by atoms with Crippen LogP contribution in [-0.4, -0.2) is 230 Å². The zero-order valence-corrected chi connectivity index (χ0v) is 86.9. The van der Waals surface area contributed by atoms with Gasteiger partial charge in [0.25, 0.3) is 0 Å². The summed E-state index contributed by atoms with van der Waals surface area (Å²) in [5.74, 6) is 4.91. The predicted molar refractivity (Wildman–Crippen MR) is 532 cm³/mol. The first-order valence-electron chi connectivity index (χ1n) is 46.7. The minimum Gasteiger partial charge on any atom is -0.474 e. The molecule has 0 bridgehead atoms. The average Bonchev–Trinajstić information content (AvgIpc) is 1.62. The number of nitrogens with one attached hydrogen (secondary N) is 1. The van der Waals surface area contributed by atoms with E-state index in [1.54, 1.807) is 57.8 Å². The smallest absolute Gasteiger partial charge is 0.410 e. The lowest BCUT2D eigenvalue weighted by atomic mass is 9.92. The lowest BCUT2D eigenvalue weighted by molar-refractivity contribution is 0.0130. The summed E-state index contributed by atoms with van der Waals surface area (Å²) in [6.45, 7) is 20.0. The van der Waals surface area contributed by atoms with Gasteiger partial charge in [0.05, 0.1) is 46.0 Å². The molecule has 16 rings (SSSR count). The van der Waals surface area contributed by atoms with E-state index in [0.29, 0.717) is 53.8 Å². The second-order valence-corrected chi connectivity index (χ2v) is 41.9. The van der Waals surface area contributed by atoms with Crippen LogP contribution in [0.15, 0.2) is 25.3 Å². The molecule has 0 saturated heterocycles. The van der Waals surface area contributed by atoms with E-state index in [2.05, 4.69) is 115 Å². The minimum atomic E-state index is -0.490. The van der Waals surface area contributed by atoms with Crippen LogP contribution in [0.2, 0.25) is 0 Å². The van der Waals surface area contributed by atoms with Crippen LogP contribution in [0.25, 0.3) is 40.9 Å². The number of carbonyl (C=O) groups is 2. The molecule has 32 heteroatoms. The van der Waals surface area contributed by atoms with Gasteiger partial charge in [-0.15, -0.1) is 70.2 Å². The Hall–Kier alpha value is -5.07. The van der Waals surface area contributed by atoms with E-state index in [4.69, 9.17) is 47.7 Å². The van der Waals surface area contributed by atoms with Gasteiger partial charge in [-0.2, -0.15) is 0 Å². The highest BCUT2D eigenvalue weighted by Gasteiger charge is 2.40. The van der Waals surface area contributed by atoms with Crippen LogP contribution in [0.1, 0.15) is 314 Å². The Morgan fingerprint density at radius 1 is 0.414 bits per heavy atom. The topological polar surface area (TPSA) is 283 Å². The number of carbonyl (C=O) groups excluding carboxylic acids is 2. The van der Waals surface area contributed by atoms with Crippen molar-refractivity contribution in [3.63, 3.8) is 0 Å². The van der Waals surface area contributed by atoms with Crippen molar-refractivity contribution in [1.82, 2.24) is 59.9 Å². The molecule has 4 saturated carbocycles. The second-order valence-electron chi connectivity index (χ2n) is 37.6. The van der Waals surface area contributed by atoms with Gasteiger partial charge in [0.1, 0.15) is 80.2 Å². The molecule has 8 heterocycles. The molecule has 8 aromatic rings. The molecule has 8 atom stereocenters. The average molecular weight is 2010 g/mol. The third kappa shape index (κ3) is 27.2. The largest absolute Gasteiger partial charge is 0.474 e. The first-order chi connectivity index (χ1) is 60.7. The molecule has 4 fully saturated rings. The highest BCUT2D eigenvalue weighted by Crippen LogP contribution is 2.53. The third-order valence-corrected chi connectivity index (χ3v) is 31.8. The van der Waals surface area contributed by atoms with Crippen LogP contribution in [0, 0.1) is 0 Å². The Bertz CT molecular complexity index is 4720. The van der Waals surface area contributed by atoms with Crippen molar-refractivity contribution < 1.29 is 62.4 Å². The molecule has 8 aliphatic rings. The van der Waals surface area contributed by atoms with Crippen molar-refractivity contribution in [3.05, 3.63) is 67.1 Å². The summed E-state index contributed by atoms with van der Waals surface area (Å²) in [5.41, 5.74) is 4.62. The molecule has 8 aromatic heterocycles. The summed E-state index contributed by atoms with van der Waals surface area (Å²) in [4.78, 5) is 79.1. The number of aliphatic hydroxyl groups excluding tert-OH is 2. The number of aryl methyl sites for hydroxylation is 4. The van der Waals surface area contributed by atoms with Gasteiger partial charge in [0.15, 0.2) is 0 Å². The number of hydrogen-bond acceptors (Lipinski definition) is 27. The van der Waals surface area contributed by atoms with E-state index in [1.165, 1.54) is 91.1 Å². The van der Waals surface area contributed by atoms with Gasteiger partial charge in [0, 0.05) is 86.2 Å². The van der Waals surface area contributed by atoms with Crippen LogP contribution < -0.4 is 24.3 Å². The number of thiophene rings is 4. The molecule has 0 aromatic carbocycles. The van der Waals surface area contributed by atoms with Gasteiger partial charge < -0.3 is 72.9 Å². The van der Waals surface area contributed by atoms with Crippen LogP contribution in [0.5, 0.6) is 23.5 Å². The van der Waals surface area contributed by atoms with E-state index in [9.17, 15) is 14.7 Å². The molecule has 8 aliphatic carbocycles. The lowest BCUT2D eigenvalue weighted by Gasteiger charge is -2.35. The monoisotopic (exact) mass is 2000 g/mol. The summed E-state index contributed by atoms with van der Waals surface area (Å²) in [7, 11) is 16.5. The van der Waals surface area contributed by atoms with Crippen molar-refractivity contribution >= 4 is 146 Å². The Morgan fingerprint density at radius 2 is 0.672 bits per heavy atom. The quantitative estimate of drug-likeness (QED) is 0.0318. The first-order valence-corrected chi connectivity index (χ1v) is 52.2. The Kier molecular flexibility index (Phi) is 42.1. The number of ether oxygens (including phenoxy) is 9. The Labute approximate surface area is 803 Å². The number of alkyl halides is 1. The number of aliphatic hydroxyl groups is 2. The standard InChI is InChI=1S/C26H39N3O4S.C25H37N3O4S.C22H33N3O2S.C21H31N3O2S.CH3I.CH4O.2ClH/c1-7-18(31-6)14-16-8-13-20-21(16)22-23(27-15-28-24(22)34-20)32-19-11-9-17(10-12-19)29(5)25(30)33-26(2,3)4;1-6-17(29)13-15-7-12-19-20(15)21-22(26-14-27-23(21)33-19)31-18-10-8-16(9-11-18)28(5)24(30)32-25(2,3)4;1-5-16(26-4)12-14-6-11-18-19(14)20-21(23-13-24-22(20)28-18)27-17-9-7-15(8-10-17)25(2)3;1-4-15(25-3)11-13-5-10-17-18(13)19-20(23-12-24-21(19)27-17)26-16-8-6-14(22-2)7-9-16;2*1-2;;/h15-19H,7-14H2,1-6H3;14-18,29H,6-13H2,1-5H3;13-17H,5-12H2,1-4H3;12-16,22H,4-11H2,1-3H3;1H3;2H,1H3;2*1H/t16-,17?,18-,19?;15-,16?,17-,18?;14-,15?,16-,17?;13-,14?,15-,16?;;;;/m1111..../s1. The van der Waals surface area contributed by atoms with Crippen LogP contribution in [0.4, 0.5) is 9.59 Å². The maximum Gasteiger partial charge on any atom is 0.410 e. The number of halogens is 3. The molecule has 0 radical (unpaired) electrons. The predicted octanol–water partition coefficient (Wildman–Crippen LogP) is 22.3. The van der Waals surface area contributed by atoms with E-state index < -0.39 is 11.2 Å². The fraction of sp³-hybridized carbons (Fsp3) is 0.729. The van der Waals surface area contributed by atoms with Crippen molar-refractivity contribution in [1.29, 1.82) is 0 Å². The number of methoxy groups -OCH3 is 3. The number of fused-ring (bicyclic) bond motifs is 12. The van der Waals surface area contributed by atoms with E-state index in [1.807, 2.05) is 111 Å². The van der Waals surface area contributed by atoms with Gasteiger partial charge >= 0.3 is 12.2 Å². The summed E-state index contributed by atoms with van der Waals surface area (Å²) in [6.07, 6.45) is 40.5. The van der Waals surface area contributed by atoms with Gasteiger partial charge in [-0.05, 0) is 319 Å². The van der Waals surface area contributed by atoms with Gasteiger partial charge in [-0.25, -0.2) is 49.5 Å². The normalized spacial score (nSPS) is 23.7. The number of aromatic nitrogens is 8. The summed E-state index contributed by atoms with van der Waals surface area (Å²) >= 11 is 9.35. The van der Waals surface area contributed by atoms with Gasteiger partial charge in [0.2, 0.25) is 23.5 Å². The molecular weight excluding hydrogens is 1860 g/mol. The first kappa shape index (κ1) is 107. The molecule has 25 nitrogen and oxygen atoms in total. The van der Waals surface area contributed by atoms with E-state index in [-0.39, 0.29) is 85.7 Å². The molecule has 3 N–H and O–H groups in total. The number of rotatable bonds is 27. The second kappa shape index (κ2) is 50.5. The van der Waals surface area contributed by atoms with Crippen LogP contribution in [-0.2, 0) is 49.4 Å². The Balaban J connectivity index is 0.000000190. The van der Waals surface area contributed by atoms with Crippen LogP contribution >= 0.6 is 92.8 Å². The van der Waals surface area contributed by atoms with Gasteiger partial charge in [-0.1, -0.05) is 50.3 Å². The number of hydrogen-bond donors (Lipinski definition) is 3. The summed E-state index contributed by atoms with van der Waals surface area (Å²) in [6, 6.07) is 1.65. The number of amides is 2. The summed E-state index contributed by atoms with van der Waals surface area (Å²) < 4.78 is 54.0. The van der Waals surface area contributed by atoms with E-state index in [0.717, 1.165) is 222 Å². The molecule has 128 heavy (non-hydrogen) atoms. The zero-order chi connectivity index (χ0) is 90.7. The van der Waals surface area contributed by atoms with Crippen molar-refractivity contribution in [3.8, 4) is 23.5 Å². The van der Waals surface area contributed by atoms with Gasteiger partial charge in [-0.3, -0.25) is 0 Å². The molecular formula is C96H149Cl2IN12O13S4. The van der Waals surface area contributed by atoms with Crippen LogP contribution in [0.3, 0.4) is 0 Å². The van der Waals surface area contributed by atoms with Crippen molar-refractivity contribution in [2.45, 2.75) is 383 Å². The maximum absolute atomic E-state index is 12.5.